The highest BCUT2D eigenvalue weighted by molar-refractivity contribution is 7.92. The summed E-state index contributed by atoms with van der Waals surface area (Å²) in [5, 5.41) is 9.98. The predicted octanol–water partition coefficient (Wildman–Crippen LogP) is 2.53. The van der Waals surface area contributed by atoms with Crippen molar-refractivity contribution >= 4 is 21.6 Å². The first-order chi connectivity index (χ1) is 12.6. The van der Waals surface area contributed by atoms with Gasteiger partial charge in [0.1, 0.15) is 5.82 Å². The molecular formula is C19H21FN2O4S. The SMILES string of the molecule is Cc1cc(S(=O)(=O)Nc2ccc(C(=O)N3CCC(C)(O)C3)cc2)ccc1F. The normalized spacial score (nSPS) is 19.9. The van der Waals surface area contributed by atoms with Crippen LogP contribution in [0.4, 0.5) is 10.1 Å². The van der Waals surface area contributed by atoms with E-state index in [1.165, 1.54) is 43.3 Å². The Morgan fingerprint density at radius 3 is 2.44 bits per heavy atom. The van der Waals surface area contributed by atoms with Gasteiger partial charge in [0.15, 0.2) is 0 Å². The van der Waals surface area contributed by atoms with Crippen LogP contribution in [-0.2, 0) is 10.0 Å². The number of benzene rings is 2. The number of aliphatic hydroxyl groups is 1. The van der Waals surface area contributed by atoms with Crippen molar-refractivity contribution in [3.63, 3.8) is 0 Å². The second-order valence-corrected chi connectivity index (χ2v) is 8.75. The zero-order valence-electron chi connectivity index (χ0n) is 15.1. The number of carbonyl (C=O) groups is 1. The Labute approximate surface area is 157 Å². The highest BCUT2D eigenvalue weighted by atomic mass is 32.2. The molecule has 0 aliphatic carbocycles. The summed E-state index contributed by atoms with van der Waals surface area (Å²) < 4.78 is 40.6. The van der Waals surface area contributed by atoms with Crippen LogP contribution in [0.1, 0.15) is 29.3 Å². The van der Waals surface area contributed by atoms with Crippen molar-refractivity contribution in [3.8, 4) is 0 Å². The Bertz CT molecular complexity index is 972. The van der Waals surface area contributed by atoms with Crippen molar-refractivity contribution in [1.82, 2.24) is 4.90 Å². The van der Waals surface area contributed by atoms with Crippen LogP contribution in [0.15, 0.2) is 47.4 Å². The van der Waals surface area contributed by atoms with Gasteiger partial charge in [-0.15, -0.1) is 0 Å². The molecule has 2 N–H and O–H groups in total. The van der Waals surface area contributed by atoms with Gasteiger partial charge in [-0.05, 0) is 68.3 Å². The lowest BCUT2D eigenvalue weighted by Crippen LogP contribution is -2.33. The first-order valence-corrected chi connectivity index (χ1v) is 9.96. The minimum atomic E-state index is -3.86. The number of amides is 1. The van der Waals surface area contributed by atoms with Gasteiger partial charge in [0.05, 0.1) is 10.5 Å². The number of carbonyl (C=O) groups excluding carboxylic acids is 1. The molecule has 0 saturated carbocycles. The minimum Gasteiger partial charge on any atom is -0.388 e. The van der Waals surface area contributed by atoms with Gasteiger partial charge in [-0.2, -0.15) is 0 Å². The van der Waals surface area contributed by atoms with Crippen LogP contribution in [0.25, 0.3) is 0 Å². The molecule has 1 unspecified atom stereocenters. The number of halogens is 1. The number of hydrogen-bond donors (Lipinski definition) is 2. The van der Waals surface area contributed by atoms with Crippen LogP contribution >= 0.6 is 0 Å². The summed E-state index contributed by atoms with van der Waals surface area (Å²) in [6, 6.07) is 9.62. The van der Waals surface area contributed by atoms with Gasteiger partial charge in [0.2, 0.25) is 0 Å². The topological polar surface area (TPSA) is 86.7 Å². The molecule has 2 aromatic carbocycles. The second-order valence-electron chi connectivity index (χ2n) is 7.07. The van der Waals surface area contributed by atoms with E-state index in [-0.39, 0.29) is 22.9 Å². The zero-order valence-corrected chi connectivity index (χ0v) is 15.9. The highest BCUT2D eigenvalue weighted by Gasteiger charge is 2.34. The van der Waals surface area contributed by atoms with Crippen molar-refractivity contribution in [2.75, 3.05) is 17.8 Å². The maximum Gasteiger partial charge on any atom is 0.261 e. The highest BCUT2D eigenvalue weighted by Crippen LogP contribution is 2.23. The summed E-state index contributed by atoms with van der Waals surface area (Å²) in [4.78, 5) is 14.0. The lowest BCUT2D eigenvalue weighted by Gasteiger charge is -2.19. The van der Waals surface area contributed by atoms with E-state index in [2.05, 4.69) is 4.72 Å². The summed E-state index contributed by atoms with van der Waals surface area (Å²) in [5.74, 6) is -0.686. The van der Waals surface area contributed by atoms with Crippen molar-refractivity contribution in [3.05, 3.63) is 59.4 Å². The van der Waals surface area contributed by atoms with Crippen molar-refractivity contribution in [2.45, 2.75) is 30.8 Å². The van der Waals surface area contributed by atoms with E-state index in [1.807, 2.05) is 0 Å². The molecule has 3 rings (SSSR count). The Morgan fingerprint density at radius 2 is 1.89 bits per heavy atom. The predicted molar refractivity (Wildman–Crippen MR) is 99.5 cm³/mol. The van der Waals surface area contributed by atoms with E-state index in [0.717, 1.165) is 6.07 Å². The number of nitrogens with zero attached hydrogens (tertiary/aromatic N) is 1. The van der Waals surface area contributed by atoms with Crippen LogP contribution in [0.2, 0.25) is 0 Å². The molecule has 1 amide bonds. The van der Waals surface area contributed by atoms with Crippen molar-refractivity contribution < 1.29 is 22.7 Å². The fourth-order valence-electron chi connectivity index (χ4n) is 2.98. The van der Waals surface area contributed by atoms with Crippen LogP contribution in [0, 0.1) is 12.7 Å². The third kappa shape index (κ3) is 4.28. The first kappa shape index (κ1) is 19.3. The van der Waals surface area contributed by atoms with E-state index in [9.17, 15) is 22.7 Å². The quantitative estimate of drug-likeness (QED) is 0.837. The van der Waals surface area contributed by atoms with Crippen LogP contribution < -0.4 is 4.72 Å². The molecule has 1 fully saturated rings. The molecule has 1 saturated heterocycles. The number of sulfonamides is 1. The largest absolute Gasteiger partial charge is 0.388 e. The van der Waals surface area contributed by atoms with E-state index in [0.29, 0.717) is 24.2 Å². The molecule has 1 heterocycles. The third-order valence-corrected chi connectivity index (χ3v) is 5.94. The van der Waals surface area contributed by atoms with Gasteiger partial charge in [0, 0.05) is 24.3 Å². The van der Waals surface area contributed by atoms with Gasteiger partial charge in [0.25, 0.3) is 15.9 Å². The Balaban J connectivity index is 1.73. The Morgan fingerprint density at radius 1 is 1.22 bits per heavy atom. The smallest absolute Gasteiger partial charge is 0.261 e. The van der Waals surface area contributed by atoms with Gasteiger partial charge >= 0.3 is 0 Å². The third-order valence-electron chi connectivity index (χ3n) is 4.56. The fraction of sp³-hybridized carbons (Fsp3) is 0.316. The first-order valence-electron chi connectivity index (χ1n) is 8.48. The van der Waals surface area contributed by atoms with E-state index >= 15 is 0 Å². The summed E-state index contributed by atoms with van der Waals surface area (Å²) >= 11 is 0. The van der Waals surface area contributed by atoms with Gasteiger partial charge in [-0.3, -0.25) is 9.52 Å². The average molecular weight is 392 g/mol. The number of aryl methyl sites for hydroxylation is 1. The van der Waals surface area contributed by atoms with Crippen LogP contribution in [0.3, 0.4) is 0 Å². The fourth-order valence-corrected chi connectivity index (χ4v) is 4.12. The molecule has 0 radical (unpaired) electrons. The van der Waals surface area contributed by atoms with Gasteiger partial charge < -0.3 is 10.0 Å². The molecule has 2 aromatic rings. The minimum absolute atomic E-state index is 0.0409. The van der Waals surface area contributed by atoms with E-state index in [1.54, 1.807) is 11.8 Å². The van der Waals surface area contributed by atoms with Crippen LogP contribution in [-0.4, -0.2) is 43.0 Å². The summed E-state index contributed by atoms with van der Waals surface area (Å²) in [7, 11) is -3.86. The lowest BCUT2D eigenvalue weighted by atomic mass is 10.1. The molecule has 27 heavy (non-hydrogen) atoms. The number of nitrogens with one attached hydrogen (secondary N) is 1. The Hall–Kier alpha value is -2.45. The number of hydrogen-bond acceptors (Lipinski definition) is 4. The molecule has 6 nitrogen and oxygen atoms in total. The molecule has 0 aromatic heterocycles. The zero-order chi connectivity index (χ0) is 19.8. The summed E-state index contributed by atoms with van der Waals surface area (Å²) in [5.41, 5.74) is 0.0638. The Kier molecular flexibility index (Phi) is 4.96. The van der Waals surface area contributed by atoms with E-state index < -0.39 is 21.4 Å². The molecule has 8 heteroatoms. The molecule has 0 spiro atoms. The van der Waals surface area contributed by atoms with Crippen molar-refractivity contribution in [2.24, 2.45) is 0 Å². The monoisotopic (exact) mass is 392 g/mol. The number of β-amino-alcohol motifs (C(OH)–C–C–N with tert-alkyl or cyclic N) is 1. The van der Waals surface area contributed by atoms with Gasteiger partial charge in [-0.25, -0.2) is 12.8 Å². The van der Waals surface area contributed by atoms with Crippen LogP contribution in [0.5, 0.6) is 0 Å². The molecule has 1 atom stereocenters. The summed E-state index contributed by atoms with van der Waals surface area (Å²) in [6.45, 7) is 3.92. The van der Waals surface area contributed by atoms with Gasteiger partial charge in [-0.1, -0.05) is 0 Å². The molecule has 144 valence electrons. The summed E-state index contributed by atoms with van der Waals surface area (Å²) in [6.07, 6.45) is 0.522. The number of rotatable bonds is 4. The maximum absolute atomic E-state index is 13.3. The molecule has 0 bridgehead atoms. The average Bonchev–Trinajstić information content (AvgIpc) is 2.97. The molecular weight excluding hydrogens is 371 g/mol. The van der Waals surface area contributed by atoms with Crippen molar-refractivity contribution in [1.29, 1.82) is 0 Å². The maximum atomic E-state index is 13.3. The number of anilines is 1. The standard InChI is InChI=1S/C19H21FN2O4S/c1-13-11-16(7-8-17(13)20)27(25,26)21-15-5-3-14(4-6-15)18(23)22-10-9-19(2,24)12-22/h3-8,11,21,24H,9-10,12H2,1-2H3. The lowest BCUT2D eigenvalue weighted by molar-refractivity contribution is 0.0572. The van der Waals surface area contributed by atoms with E-state index in [4.69, 9.17) is 0 Å². The second kappa shape index (κ2) is 6.94. The number of likely N-dealkylation sites (tertiary alicyclic amines) is 1. The molecule has 1 aliphatic heterocycles. The molecule has 1 aliphatic rings.